The molecule has 0 amide bonds. The highest BCUT2D eigenvalue weighted by atomic mass is 16.6. The van der Waals surface area contributed by atoms with Gasteiger partial charge in [0.2, 0.25) is 5.90 Å². The lowest BCUT2D eigenvalue weighted by Gasteiger charge is -1.98. The quantitative estimate of drug-likeness (QED) is 0.345. The van der Waals surface area contributed by atoms with Crippen molar-refractivity contribution in [2.75, 3.05) is 0 Å². The van der Waals surface area contributed by atoms with Crippen molar-refractivity contribution in [1.82, 2.24) is 0 Å². The van der Waals surface area contributed by atoms with Gasteiger partial charge in [-0.15, -0.1) is 0 Å². The number of esters is 1. The summed E-state index contributed by atoms with van der Waals surface area (Å²) in [5, 5.41) is 21.9. The van der Waals surface area contributed by atoms with Gasteiger partial charge in [-0.3, -0.25) is 20.2 Å². The van der Waals surface area contributed by atoms with Crippen molar-refractivity contribution in [3.8, 4) is 0 Å². The van der Waals surface area contributed by atoms with Gasteiger partial charge in [-0.25, -0.2) is 9.79 Å². The van der Waals surface area contributed by atoms with Crippen LogP contribution in [0.5, 0.6) is 0 Å². The Hall–Kier alpha value is -4.14. The van der Waals surface area contributed by atoms with Gasteiger partial charge in [0.05, 0.1) is 21.5 Å². The normalized spacial score (nSPS) is 15.0. The first-order valence-electron chi connectivity index (χ1n) is 7.62. The van der Waals surface area contributed by atoms with Gasteiger partial charge in [0, 0.05) is 12.1 Å². The Labute approximate surface area is 152 Å². The number of benzene rings is 2. The second kappa shape index (κ2) is 7.40. The first kappa shape index (κ1) is 17.7. The summed E-state index contributed by atoms with van der Waals surface area (Å²) in [5.74, 6) is -0.727. The van der Waals surface area contributed by atoms with Crippen molar-refractivity contribution in [2.45, 2.75) is 0 Å². The number of nitrogens with zero attached hydrogens (tertiary/aromatic N) is 3. The van der Waals surface area contributed by atoms with Crippen LogP contribution in [0, 0.1) is 20.2 Å². The van der Waals surface area contributed by atoms with Crippen LogP contribution in [0.1, 0.15) is 11.1 Å². The van der Waals surface area contributed by atoms with E-state index < -0.39 is 27.2 Å². The van der Waals surface area contributed by atoms with E-state index in [4.69, 9.17) is 4.74 Å². The Morgan fingerprint density at radius 2 is 1.70 bits per heavy atom. The number of carbonyl (C=O) groups excluding carboxylic acids is 1. The van der Waals surface area contributed by atoms with Crippen LogP contribution in [0.3, 0.4) is 0 Å². The van der Waals surface area contributed by atoms with Crippen molar-refractivity contribution < 1.29 is 19.4 Å². The van der Waals surface area contributed by atoms with Gasteiger partial charge >= 0.3 is 5.97 Å². The Balaban J connectivity index is 1.91. The van der Waals surface area contributed by atoms with Gasteiger partial charge in [0.25, 0.3) is 11.4 Å². The number of non-ortho nitro benzene ring substituents is 1. The van der Waals surface area contributed by atoms with Gasteiger partial charge in [0.1, 0.15) is 0 Å². The lowest BCUT2D eigenvalue weighted by molar-refractivity contribution is -0.394. The summed E-state index contributed by atoms with van der Waals surface area (Å²) in [5.41, 5.74) is -0.185. The number of hydrogen-bond acceptors (Lipinski definition) is 7. The molecule has 2 aromatic carbocycles. The number of nitro groups is 2. The van der Waals surface area contributed by atoms with E-state index in [1.165, 1.54) is 12.1 Å². The third-order valence-electron chi connectivity index (χ3n) is 3.57. The Morgan fingerprint density at radius 3 is 2.37 bits per heavy atom. The fraction of sp³-hybridized carbons (Fsp3) is 0. The first-order chi connectivity index (χ1) is 12.9. The van der Waals surface area contributed by atoms with Crippen molar-refractivity contribution in [1.29, 1.82) is 0 Å². The smallest absolute Gasteiger partial charge is 0.363 e. The predicted octanol–water partition coefficient (Wildman–Crippen LogP) is 3.51. The standard InChI is InChI=1S/C18H11N3O6/c22-18-15(19-17(27-18)9-6-12-4-2-1-3-5-12)10-13-7-8-14(20(23)24)11-16(13)21(25)26/h1-11H/b9-6+,15-10+. The highest BCUT2D eigenvalue weighted by Crippen LogP contribution is 2.28. The molecule has 0 aromatic heterocycles. The first-order valence-corrected chi connectivity index (χ1v) is 7.62. The third-order valence-corrected chi connectivity index (χ3v) is 3.57. The predicted molar refractivity (Wildman–Crippen MR) is 96.7 cm³/mol. The molecule has 0 N–H and O–H groups in total. The topological polar surface area (TPSA) is 125 Å². The molecule has 0 saturated heterocycles. The van der Waals surface area contributed by atoms with Gasteiger partial charge in [-0.1, -0.05) is 30.3 Å². The van der Waals surface area contributed by atoms with Crippen molar-refractivity contribution in [3.63, 3.8) is 0 Å². The minimum Gasteiger partial charge on any atom is -0.403 e. The number of carbonyl (C=O) groups is 1. The SMILES string of the molecule is O=C1OC(/C=C/c2ccccc2)=NC/1=C/c1ccc([N+](=O)[O-])cc1[N+](=O)[O-]. The van der Waals surface area contributed by atoms with Crippen LogP contribution in [-0.2, 0) is 9.53 Å². The molecule has 0 aliphatic carbocycles. The second-order valence-corrected chi connectivity index (χ2v) is 5.37. The highest BCUT2D eigenvalue weighted by molar-refractivity contribution is 6.11. The van der Waals surface area contributed by atoms with Crippen LogP contribution in [0.4, 0.5) is 11.4 Å². The van der Waals surface area contributed by atoms with Crippen molar-refractivity contribution >= 4 is 35.4 Å². The highest BCUT2D eigenvalue weighted by Gasteiger charge is 2.24. The van der Waals surface area contributed by atoms with Crippen LogP contribution in [-0.4, -0.2) is 21.7 Å². The number of aliphatic imine (C=N–C) groups is 1. The van der Waals surface area contributed by atoms with E-state index in [0.717, 1.165) is 23.8 Å². The maximum Gasteiger partial charge on any atom is 0.363 e. The van der Waals surface area contributed by atoms with Gasteiger partial charge in [-0.2, -0.15) is 0 Å². The summed E-state index contributed by atoms with van der Waals surface area (Å²) in [6, 6.07) is 12.4. The number of ether oxygens (including phenoxy) is 1. The Kier molecular flexibility index (Phi) is 4.84. The molecule has 0 spiro atoms. The molecule has 0 atom stereocenters. The zero-order valence-corrected chi connectivity index (χ0v) is 13.6. The molecule has 9 nitrogen and oxygen atoms in total. The zero-order valence-electron chi connectivity index (χ0n) is 13.6. The Bertz CT molecular complexity index is 1020. The number of rotatable bonds is 5. The van der Waals surface area contributed by atoms with Crippen LogP contribution in [0.25, 0.3) is 12.2 Å². The average molecular weight is 365 g/mol. The minimum atomic E-state index is -0.768. The van der Waals surface area contributed by atoms with E-state index in [-0.39, 0.29) is 17.2 Å². The summed E-state index contributed by atoms with van der Waals surface area (Å²) in [7, 11) is 0. The molecule has 0 saturated carbocycles. The van der Waals surface area contributed by atoms with E-state index in [1.807, 2.05) is 30.3 Å². The summed E-state index contributed by atoms with van der Waals surface area (Å²) in [4.78, 5) is 36.4. The molecule has 3 rings (SSSR count). The largest absolute Gasteiger partial charge is 0.403 e. The van der Waals surface area contributed by atoms with Crippen LogP contribution in [0.15, 0.2) is 65.3 Å². The van der Waals surface area contributed by atoms with Crippen LogP contribution < -0.4 is 0 Å². The molecule has 134 valence electrons. The van der Waals surface area contributed by atoms with Crippen molar-refractivity contribution in [2.24, 2.45) is 4.99 Å². The summed E-state index contributed by atoms with van der Waals surface area (Å²) in [6.07, 6.45) is 4.36. The monoisotopic (exact) mass is 365 g/mol. The molecule has 0 fully saturated rings. The molecular weight excluding hydrogens is 354 g/mol. The number of hydrogen-bond donors (Lipinski definition) is 0. The van der Waals surface area contributed by atoms with E-state index in [9.17, 15) is 25.0 Å². The average Bonchev–Trinajstić information content (AvgIpc) is 3.00. The molecule has 0 unspecified atom stereocenters. The third kappa shape index (κ3) is 4.10. The van der Waals surface area contributed by atoms with Crippen molar-refractivity contribution in [3.05, 3.63) is 91.7 Å². The van der Waals surface area contributed by atoms with Gasteiger partial charge < -0.3 is 4.74 Å². The van der Waals surface area contributed by atoms with Crippen LogP contribution in [0.2, 0.25) is 0 Å². The summed E-state index contributed by atoms with van der Waals surface area (Å²) >= 11 is 0. The molecule has 1 aliphatic heterocycles. The maximum absolute atomic E-state index is 11.9. The molecule has 1 aliphatic rings. The molecule has 27 heavy (non-hydrogen) atoms. The van der Waals surface area contributed by atoms with E-state index in [0.29, 0.717) is 0 Å². The molecular formula is C18H11N3O6. The summed E-state index contributed by atoms with van der Waals surface area (Å²) in [6.45, 7) is 0. The molecule has 0 radical (unpaired) electrons. The fourth-order valence-corrected chi connectivity index (χ4v) is 2.30. The van der Waals surface area contributed by atoms with E-state index in [1.54, 1.807) is 6.08 Å². The maximum atomic E-state index is 11.9. The lowest BCUT2D eigenvalue weighted by atomic mass is 10.1. The molecule has 2 aromatic rings. The van der Waals surface area contributed by atoms with Gasteiger partial charge in [-0.05, 0) is 23.8 Å². The van der Waals surface area contributed by atoms with Crippen LogP contribution >= 0.6 is 0 Å². The zero-order chi connectivity index (χ0) is 19.4. The molecule has 0 bridgehead atoms. The van der Waals surface area contributed by atoms with E-state index in [2.05, 4.69) is 4.99 Å². The molecule has 9 heteroatoms. The minimum absolute atomic E-state index is 0.00888. The lowest BCUT2D eigenvalue weighted by Crippen LogP contribution is -2.01. The number of cyclic esters (lactones) is 1. The number of nitro benzene ring substituents is 2. The van der Waals surface area contributed by atoms with Gasteiger partial charge in [0.15, 0.2) is 5.70 Å². The molecule has 1 heterocycles. The second-order valence-electron chi connectivity index (χ2n) is 5.37. The Morgan fingerprint density at radius 1 is 0.963 bits per heavy atom. The van der Waals surface area contributed by atoms with E-state index >= 15 is 0 Å². The fourth-order valence-electron chi connectivity index (χ4n) is 2.30. The summed E-state index contributed by atoms with van der Waals surface area (Å²) < 4.78 is 5.01.